The summed E-state index contributed by atoms with van der Waals surface area (Å²) in [5, 5.41) is 7.66. The molecule has 1 amide bonds. The van der Waals surface area contributed by atoms with E-state index in [1.807, 2.05) is 0 Å². The Balaban J connectivity index is 1.76. The zero-order chi connectivity index (χ0) is 22.9. The molecule has 0 saturated carbocycles. The van der Waals surface area contributed by atoms with E-state index in [2.05, 4.69) is 5.32 Å². The van der Waals surface area contributed by atoms with Crippen molar-refractivity contribution in [2.24, 2.45) is 5.14 Å². The average Bonchev–Trinajstić information content (AvgIpc) is 2.75. The largest absolute Gasteiger partial charge is 0.497 e. The summed E-state index contributed by atoms with van der Waals surface area (Å²) in [7, 11) is -0.694. The van der Waals surface area contributed by atoms with E-state index in [1.165, 1.54) is 38.5 Å². The number of methoxy groups -OCH3 is 2. The van der Waals surface area contributed by atoms with Crippen LogP contribution in [0, 0.1) is 0 Å². The number of hydrogen-bond donors (Lipinski definition) is 2. The van der Waals surface area contributed by atoms with Crippen molar-refractivity contribution in [3.05, 3.63) is 59.7 Å². The van der Waals surface area contributed by atoms with E-state index >= 15 is 0 Å². The molecule has 2 rings (SSSR count). The van der Waals surface area contributed by atoms with Crippen LogP contribution in [0.2, 0.25) is 0 Å². The fourth-order valence-corrected chi connectivity index (χ4v) is 3.06. The first-order chi connectivity index (χ1) is 14.7. The second kappa shape index (κ2) is 11.1. The van der Waals surface area contributed by atoms with Gasteiger partial charge in [0.05, 0.1) is 19.1 Å². The Bertz CT molecular complexity index is 1050. The predicted octanol–water partition coefficient (Wildman–Crippen LogP) is 1.27. The first-order valence-corrected chi connectivity index (χ1v) is 10.7. The second-order valence-electron chi connectivity index (χ2n) is 6.34. The van der Waals surface area contributed by atoms with Gasteiger partial charge in [-0.15, -0.1) is 0 Å². The Kier molecular flexibility index (Phi) is 8.59. The van der Waals surface area contributed by atoms with Gasteiger partial charge in [0, 0.05) is 24.3 Å². The molecule has 10 heteroatoms. The highest BCUT2D eigenvalue weighted by molar-refractivity contribution is 7.89. The van der Waals surface area contributed by atoms with Crippen LogP contribution in [0.4, 0.5) is 0 Å². The maximum absolute atomic E-state index is 11.8. The van der Waals surface area contributed by atoms with E-state index in [-0.39, 0.29) is 4.90 Å². The highest BCUT2D eigenvalue weighted by Crippen LogP contribution is 2.25. The van der Waals surface area contributed by atoms with Gasteiger partial charge < -0.3 is 19.5 Å². The second-order valence-corrected chi connectivity index (χ2v) is 7.90. The average molecular weight is 448 g/mol. The summed E-state index contributed by atoms with van der Waals surface area (Å²) in [4.78, 5) is 23.7. The number of nitrogens with two attached hydrogens (primary N) is 1. The van der Waals surface area contributed by atoms with Crippen molar-refractivity contribution in [3.8, 4) is 11.5 Å². The molecule has 0 aliphatic heterocycles. The molecule has 0 aliphatic rings. The summed E-state index contributed by atoms with van der Waals surface area (Å²) in [5.74, 6) is 0.0170. The third kappa shape index (κ3) is 7.76. The third-order valence-corrected chi connectivity index (χ3v) is 5.10. The van der Waals surface area contributed by atoms with E-state index in [1.54, 1.807) is 30.3 Å². The van der Waals surface area contributed by atoms with Crippen molar-refractivity contribution < 1.29 is 32.2 Å². The molecule has 2 aromatic carbocycles. The normalized spacial score (nSPS) is 11.2. The molecule has 0 bridgehead atoms. The summed E-state index contributed by atoms with van der Waals surface area (Å²) in [6.45, 7) is -0.128. The van der Waals surface area contributed by atoms with Crippen LogP contribution in [0.3, 0.4) is 0 Å². The van der Waals surface area contributed by atoms with Gasteiger partial charge in [-0.25, -0.2) is 18.4 Å². The summed E-state index contributed by atoms with van der Waals surface area (Å²) in [6, 6.07) is 11.2. The van der Waals surface area contributed by atoms with Gasteiger partial charge in [0.15, 0.2) is 6.61 Å². The zero-order valence-electron chi connectivity index (χ0n) is 17.2. The van der Waals surface area contributed by atoms with Crippen LogP contribution in [0.5, 0.6) is 11.5 Å². The minimum atomic E-state index is -3.74. The maximum atomic E-state index is 11.8. The molecule has 166 valence electrons. The molecule has 0 spiro atoms. The number of carbonyl (C=O) groups excluding carboxylic acids is 2. The van der Waals surface area contributed by atoms with Crippen molar-refractivity contribution in [2.75, 3.05) is 27.4 Å². The summed E-state index contributed by atoms with van der Waals surface area (Å²) < 4.78 is 37.7. The van der Waals surface area contributed by atoms with E-state index in [0.717, 1.165) is 5.56 Å². The van der Waals surface area contributed by atoms with Gasteiger partial charge in [0.2, 0.25) is 10.0 Å². The zero-order valence-corrected chi connectivity index (χ0v) is 18.0. The Morgan fingerprint density at radius 1 is 1.06 bits per heavy atom. The van der Waals surface area contributed by atoms with Crippen molar-refractivity contribution >= 4 is 28.0 Å². The molecule has 0 radical (unpaired) electrons. The van der Waals surface area contributed by atoms with Crippen LogP contribution in [0.15, 0.2) is 53.4 Å². The number of benzene rings is 2. The van der Waals surface area contributed by atoms with Crippen LogP contribution in [-0.4, -0.2) is 47.7 Å². The van der Waals surface area contributed by atoms with Crippen molar-refractivity contribution in [1.29, 1.82) is 0 Å². The minimum Gasteiger partial charge on any atom is -0.497 e. The fraction of sp³-hybridized carbons (Fsp3) is 0.238. The molecule has 9 nitrogen and oxygen atoms in total. The van der Waals surface area contributed by atoms with Gasteiger partial charge in [-0.1, -0.05) is 12.1 Å². The van der Waals surface area contributed by atoms with E-state index in [0.29, 0.717) is 30.0 Å². The van der Waals surface area contributed by atoms with Gasteiger partial charge in [0.1, 0.15) is 11.5 Å². The van der Waals surface area contributed by atoms with Gasteiger partial charge in [0.25, 0.3) is 5.91 Å². The molecule has 0 saturated heterocycles. The van der Waals surface area contributed by atoms with E-state index in [4.69, 9.17) is 19.3 Å². The Labute approximate surface area is 180 Å². The molecule has 0 fully saturated rings. The fourth-order valence-electron chi connectivity index (χ4n) is 2.54. The lowest BCUT2D eigenvalue weighted by Gasteiger charge is -2.07. The molecule has 0 aromatic heterocycles. The molecule has 31 heavy (non-hydrogen) atoms. The number of ether oxygens (including phenoxy) is 3. The lowest BCUT2D eigenvalue weighted by molar-refractivity contribution is -0.143. The molecule has 0 heterocycles. The number of nitrogens with one attached hydrogen (secondary N) is 1. The Morgan fingerprint density at radius 2 is 1.77 bits per heavy atom. The Hall–Kier alpha value is -3.37. The smallest absolute Gasteiger partial charge is 0.331 e. The van der Waals surface area contributed by atoms with Crippen molar-refractivity contribution in [2.45, 2.75) is 11.3 Å². The number of hydrogen-bond acceptors (Lipinski definition) is 7. The van der Waals surface area contributed by atoms with Gasteiger partial charge >= 0.3 is 5.97 Å². The highest BCUT2D eigenvalue weighted by atomic mass is 32.2. The number of sulfonamides is 1. The van der Waals surface area contributed by atoms with Crippen LogP contribution >= 0.6 is 0 Å². The van der Waals surface area contributed by atoms with Crippen molar-refractivity contribution in [1.82, 2.24) is 5.32 Å². The standard InChI is InChI=1S/C21H24N2O7S/c1-28-17-7-5-16(19(13-17)29-2)6-10-21(25)30-14-20(24)23-12-11-15-3-8-18(9-4-15)31(22,26)27/h3-10,13H,11-12,14H2,1-2H3,(H,23,24)(H2,22,26,27)/b10-6+. The first-order valence-electron chi connectivity index (χ1n) is 9.18. The number of amides is 1. The number of carbonyl (C=O) groups is 2. The first kappa shape index (κ1) is 23.9. The topological polar surface area (TPSA) is 134 Å². The maximum Gasteiger partial charge on any atom is 0.331 e. The summed E-state index contributed by atoms with van der Waals surface area (Å²) in [6.07, 6.45) is 3.19. The van der Waals surface area contributed by atoms with Gasteiger partial charge in [-0.2, -0.15) is 0 Å². The molecule has 0 aliphatic carbocycles. The van der Waals surface area contributed by atoms with E-state index in [9.17, 15) is 18.0 Å². The lowest BCUT2D eigenvalue weighted by atomic mass is 10.1. The lowest BCUT2D eigenvalue weighted by Crippen LogP contribution is -2.30. The van der Waals surface area contributed by atoms with Gasteiger partial charge in [-0.05, 0) is 42.3 Å². The minimum absolute atomic E-state index is 0.0208. The summed E-state index contributed by atoms with van der Waals surface area (Å²) in [5.41, 5.74) is 1.47. The van der Waals surface area contributed by atoms with Crippen LogP contribution in [0.25, 0.3) is 6.08 Å². The monoisotopic (exact) mass is 448 g/mol. The molecule has 0 unspecified atom stereocenters. The molecule has 2 aromatic rings. The molecule has 0 atom stereocenters. The SMILES string of the molecule is COc1ccc(/C=C/C(=O)OCC(=O)NCCc2ccc(S(N)(=O)=O)cc2)c(OC)c1. The molecular weight excluding hydrogens is 424 g/mol. The van der Waals surface area contributed by atoms with Gasteiger partial charge in [-0.3, -0.25) is 4.79 Å². The number of rotatable bonds is 10. The summed E-state index contributed by atoms with van der Waals surface area (Å²) >= 11 is 0. The highest BCUT2D eigenvalue weighted by Gasteiger charge is 2.08. The predicted molar refractivity (Wildman–Crippen MR) is 114 cm³/mol. The van der Waals surface area contributed by atoms with Crippen LogP contribution in [-0.2, 0) is 30.8 Å². The number of primary sulfonamides is 1. The van der Waals surface area contributed by atoms with Crippen molar-refractivity contribution in [3.63, 3.8) is 0 Å². The number of esters is 1. The third-order valence-electron chi connectivity index (χ3n) is 4.17. The molecule has 3 N–H and O–H groups in total. The Morgan fingerprint density at radius 3 is 2.39 bits per heavy atom. The van der Waals surface area contributed by atoms with Crippen LogP contribution < -0.4 is 19.9 Å². The quantitative estimate of drug-likeness (QED) is 0.413. The van der Waals surface area contributed by atoms with E-state index < -0.39 is 28.5 Å². The molecular formula is C21H24N2O7S. The van der Waals surface area contributed by atoms with Crippen LogP contribution in [0.1, 0.15) is 11.1 Å².